The van der Waals surface area contributed by atoms with Crippen molar-refractivity contribution in [3.05, 3.63) is 102 Å². The maximum atomic E-state index is 12.9. The number of hydrogen-bond donors (Lipinski definition) is 1. The summed E-state index contributed by atoms with van der Waals surface area (Å²) in [6, 6.07) is 28.0. The van der Waals surface area contributed by atoms with Crippen molar-refractivity contribution in [1.29, 1.82) is 0 Å². The van der Waals surface area contributed by atoms with E-state index in [0.29, 0.717) is 6.41 Å². The number of benzene rings is 3. The molecule has 0 aliphatic carbocycles. The van der Waals surface area contributed by atoms with Crippen LogP contribution < -0.4 is 5.32 Å². The lowest BCUT2D eigenvalue weighted by Gasteiger charge is -2.36. The van der Waals surface area contributed by atoms with E-state index in [1.54, 1.807) is 0 Å². The van der Waals surface area contributed by atoms with Crippen molar-refractivity contribution in [3.8, 4) is 0 Å². The number of likely N-dealkylation sites (tertiary alicyclic amines) is 1. The molecule has 1 saturated heterocycles. The van der Waals surface area contributed by atoms with Crippen LogP contribution in [0.25, 0.3) is 0 Å². The zero-order chi connectivity index (χ0) is 22.6. The van der Waals surface area contributed by atoms with E-state index < -0.39 is 0 Å². The number of para-hydroxylation sites is 1. The number of nitrogens with one attached hydrogen (secondary N) is 1. The van der Waals surface area contributed by atoms with Crippen LogP contribution >= 0.6 is 0 Å². The van der Waals surface area contributed by atoms with Crippen LogP contribution in [0, 0.1) is 0 Å². The molecule has 4 heteroatoms. The standard InChI is InChI=1S/C21H25NO.C7H7NO/c1-2-8-17-12-14-18(15-13-17)20-11-6-7-16-22(20)21(23)19-9-4-3-5-10-19;9-6-8-7-4-2-1-3-5-7/h3-5,9-10,12-15,20H,2,6-8,11,16H2,1H3;1-6H,(H,8,9). The Bertz CT molecular complexity index is 956. The molecule has 3 aromatic rings. The highest BCUT2D eigenvalue weighted by Gasteiger charge is 2.28. The van der Waals surface area contributed by atoms with Crippen molar-refractivity contribution >= 4 is 18.0 Å². The number of anilines is 1. The van der Waals surface area contributed by atoms with Crippen LogP contribution in [-0.4, -0.2) is 23.8 Å². The molecule has 1 N–H and O–H groups in total. The quantitative estimate of drug-likeness (QED) is 0.471. The van der Waals surface area contributed by atoms with Gasteiger partial charge in [0.15, 0.2) is 0 Å². The predicted octanol–water partition coefficient (Wildman–Crippen LogP) is 6.26. The van der Waals surface area contributed by atoms with Gasteiger partial charge in [-0.2, -0.15) is 0 Å². The van der Waals surface area contributed by atoms with E-state index in [1.165, 1.54) is 24.0 Å². The van der Waals surface area contributed by atoms with Crippen LogP contribution in [0.1, 0.15) is 60.1 Å². The molecule has 0 spiro atoms. The summed E-state index contributed by atoms with van der Waals surface area (Å²) in [5.74, 6) is 0.160. The molecule has 1 fully saturated rings. The fraction of sp³-hybridized carbons (Fsp3) is 0.286. The highest BCUT2D eigenvalue weighted by Crippen LogP contribution is 2.32. The van der Waals surface area contributed by atoms with Crippen LogP contribution in [0.3, 0.4) is 0 Å². The van der Waals surface area contributed by atoms with E-state index in [0.717, 1.165) is 37.1 Å². The smallest absolute Gasteiger partial charge is 0.254 e. The lowest BCUT2D eigenvalue weighted by atomic mass is 9.93. The lowest BCUT2D eigenvalue weighted by Crippen LogP contribution is -2.38. The Kier molecular flexibility index (Phi) is 9.05. The third-order valence-electron chi connectivity index (χ3n) is 5.69. The number of carbonyl (C=O) groups is 2. The summed E-state index contributed by atoms with van der Waals surface area (Å²) in [5.41, 5.74) is 4.27. The first-order chi connectivity index (χ1) is 15.7. The third kappa shape index (κ3) is 6.55. The van der Waals surface area contributed by atoms with Gasteiger partial charge in [0, 0.05) is 17.8 Å². The summed E-state index contributed by atoms with van der Waals surface area (Å²) in [4.78, 5) is 24.8. The Morgan fingerprint density at radius 1 is 0.938 bits per heavy atom. The molecular formula is C28H32N2O2. The second-order valence-electron chi connectivity index (χ2n) is 8.00. The zero-order valence-corrected chi connectivity index (χ0v) is 18.7. The lowest BCUT2D eigenvalue weighted by molar-refractivity contribution is -0.105. The minimum atomic E-state index is 0.160. The molecule has 0 aromatic heterocycles. The molecule has 4 nitrogen and oxygen atoms in total. The van der Waals surface area contributed by atoms with Crippen molar-refractivity contribution in [2.24, 2.45) is 0 Å². The molecule has 1 heterocycles. The fourth-order valence-electron chi connectivity index (χ4n) is 4.07. The Morgan fingerprint density at radius 3 is 2.22 bits per heavy atom. The maximum Gasteiger partial charge on any atom is 0.254 e. The summed E-state index contributed by atoms with van der Waals surface area (Å²) in [6.07, 6.45) is 6.31. The van der Waals surface area contributed by atoms with E-state index in [1.807, 2.05) is 60.7 Å². The highest BCUT2D eigenvalue weighted by atomic mass is 16.2. The van der Waals surface area contributed by atoms with Gasteiger partial charge in [0.2, 0.25) is 6.41 Å². The molecule has 1 aliphatic rings. The van der Waals surface area contributed by atoms with Crippen molar-refractivity contribution in [1.82, 2.24) is 4.90 Å². The van der Waals surface area contributed by atoms with E-state index in [9.17, 15) is 9.59 Å². The number of rotatable bonds is 6. The average molecular weight is 429 g/mol. The van der Waals surface area contributed by atoms with Gasteiger partial charge in [-0.05, 0) is 61.1 Å². The van der Waals surface area contributed by atoms with Gasteiger partial charge in [0.05, 0.1) is 6.04 Å². The van der Waals surface area contributed by atoms with Crippen molar-refractivity contribution in [2.45, 2.75) is 45.1 Å². The van der Waals surface area contributed by atoms with E-state index in [2.05, 4.69) is 41.4 Å². The largest absolute Gasteiger partial charge is 0.332 e. The molecule has 1 aliphatic heterocycles. The van der Waals surface area contributed by atoms with Crippen molar-refractivity contribution < 1.29 is 9.59 Å². The Labute approximate surface area is 191 Å². The molecule has 3 aromatic carbocycles. The van der Waals surface area contributed by atoms with Gasteiger partial charge in [0.1, 0.15) is 0 Å². The minimum Gasteiger partial charge on any atom is -0.332 e. The van der Waals surface area contributed by atoms with Gasteiger partial charge in [-0.1, -0.05) is 74.0 Å². The van der Waals surface area contributed by atoms with Gasteiger partial charge in [0.25, 0.3) is 5.91 Å². The molecule has 0 radical (unpaired) electrons. The molecule has 0 saturated carbocycles. The van der Waals surface area contributed by atoms with E-state index in [-0.39, 0.29) is 11.9 Å². The number of piperidine rings is 1. The second kappa shape index (κ2) is 12.5. The third-order valence-corrected chi connectivity index (χ3v) is 5.69. The topological polar surface area (TPSA) is 49.4 Å². The van der Waals surface area contributed by atoms with Gasteiger partial charge in [-0.3, -0.25) is 9.59 Å². The normalized spacial score (nSPS) is 15.3. The minimum absolute atomic E-state index is 0.160. The highest BCUT2D eigenvalue weighted by molar-refractivity contribution is 5.94. The SMILES string of the molecule is CCCc1ccc(C2CCCCN2C(=O)c2ccccc2)cc1.O=CNc1ccccc1. The van der Waals surface area contributed by atoms with Gasteiger partial charge < -0.3 is 10.2 Å². The van der Waals surface area contributed by atoms with E-state index >= 15 is 0 Å². The van der Waals surface area contributed by atoms with Crippen LogP contribution in [0.4, 0.5) is 5.69 Å². The Balaban J connectivity index is 0.000000269. The maximum absolute atomic E-state index is 12.9. The molecule has 4 rings (SSSR count). The predicted molar refractivity (Wildman–Crippen MR) is 131 cm³/mol. The molecule has 1 atom stereocenters. The van der Waals surface area contributed by atoms with Gasteiger partial charge in [-0.25, -0.2) is 0 Å². The first kappa shape index (κ1) is 23.3. The first-order valence-electron chi connectivity index (χ1n) is 11.4. The van der Waals surface area contributed by atoms with Crippen LogP contribution in [0.2, 0.25) is 0 Å². The molecular weight excluding hydrogens is 396 g/mol. The van der Waals surface area contributed by atoms with Crippen LogP contribution in [0.5, 0.6) is 0 Å². The number of aryl methyl sites for hydroxylation is 1. The van der Waals surface area contributed by atoms with Gasteiger partial charge >= 0.3 is 0 Å². The van der Waals surface area contributed by atoms with Crippen molar-refractivity contribution in [2.75, 3.05) is 11.9 Å². The molecule has 1 unspecified atom stereocenters. The molecule has 32 heavy (non-hydrogen) atoms. The van der Waals surface area contributed by atoms with Crippen molar-refractivity contribution in [3.63, 3.8) is 0 Å². The Hall–Kier alpha value is -3.40. The monoisotopic (exact) mass is 428 g/mol. The average Bonchev–Trinajstić information content (AvgIpc) is 2.86. The summed E-state index contributed by atoms with van der Waals surface area (Å²) in [7, 11) is 0. The fourth-order valence-corrected chi connectivity index (χ4v) is 4.07. The number of hydrogen-bond acceptors (Lipinski definition) is 2. The summed E-state index contributed by atoms with van der Waals surface area (Å²) in [5, 5.41) is 2.53. The number of amides is 2. The second-order valence-corrected chi connectivity index (χ2v) is 8.00. The number of nitrogens with zero attached hydrogens (tertiary/aromatic N) is 1. The zero-order valence-electron chi connectivity index (χ0n) is 18.7. The van der Waals surface area contributed by atoms with Crippen LogP contribution in [0.15, 0.2) is 84.9 Å². The van der Waals surface area contributed by atoms with E-state index in [4.69, 9.17) is 0 Å². The Morgan fingerprint density at radius 2 is 1.59 bits per heavy atom. The van der Waals surface area contributed by atoms with Gasteiger partial charge in [-0.15, -0.1) is 0 Å². The molecule has 166 valence electrons. The van der Waals surface area contributed by atoms with Crippen LogP contribution in [-0.2, 0) is 11.2 Å². The summed E-state index contributed by atoms with van der Waals surface area (Å²) in [6.45, 7) is 3.06. The summed E-state index contributed by atoms with van der Waals surface area (Å²) < 4.78 is 0. The molecule has 0 bridgehead atoms. The number of carbonyl (C=O) groups excluding carboxylic acids is 2. The summed E-state index contributed by atoms with van der Waals surface area (Å²) >= 11 is 0. The molecule has 2 amide bonds. The first-order valence-corrected chi connectivity index (χ1v) is 11.4.